The summed E-state index contributed by atoms with van der Waals surface area (Å²) >= 11 is 0. The third kappa shape index (κ3) is 3.06. The highest BCUT2D eigenvalue weighted by molar-refractivity contribution is 6.21. The van der Waals surface area contributed by atoms with Crippen LogP contribution in [0.4, 0.5) is 4.39 Å². The van der Waals surface area contributed by atoms with E-state index in [1.54, 1.807) is 24.3 Å². The number of amides is 2. The zero-order valence-electron chi connectivity index (χ0n) is 12.1. The predicted molar refractivity (Wildman–Crippen MR) is 81.5 cm³/mol. The minimum atomic E-state index is -0.339. The first-order valence-electron chi connectivity index (χ1n) is 6.96. The molecular weight excluding hydrogens is 297 g/mol. The number of rotatable bonds is 3. The van der Waals surface area contributed by atoms with Crippen LogP contribution in [0.2, 0.25) is 0 Å². The molecule has 1 aliphatic rings. The van der Waals surface area contributed by atoms with Gasteiger partial charge in [-0.3, -0.25) is 14.5 Å². The van der Waals surface area contributed by atoms with Crippen LogP contribution in [0.5, 0.6) is 5.75 Å². The quantitative estimate of drug-likeness (QED) is 0.646. The van der Waals surface area contributed by atoms with Crippen molar-refractivity contribution in [3.63, 3.8) is 0 Å². The summed E-state index contributed by atoms with van der Waals surface area (Å²) in [4.78, 5) is 25.3. The van der Waals surface area contributed by atoms with Crippen LogP contribution in [0.15, 0.2) is 48.5 Å². The van der Waals surface area contributed by atoms with Crippen molar-refractivity contribution in [1.29, 1.82) is 0 Å². The first kappa shape index (κ1) is 14.8. The molecule has 0 atom stereocenters. The van der Waals surface area contributed by atoms with E-state index in [4.69, 9.17) is 4.74 Å². The molecular formula is C18H12FNO3. The fraction of sp³-hybridized carbons (Fsp3) is 0.111. The van der Waals surface area contributed by atoms with Gasteiger partial charge in [0.05, 0.1) is 17.7 Å². The molecule has 114 valence electrons. The maximum atomic E-state index is 12.7. The predicted octanol–water partition coefficient (Wildman–Crippen LogP) is 2.50. The summed E-state index contributed by atoms with van der Waals surface area (Å²) in [6.07, 6.45) is 0. The van der Waals surface area contributed by atoms with Crippen LogP contribution in [-0.4, -0.2) is 29.9 Å². The van der Waals surface area contributed by atoms with E-state index in [0.29, 0.717) is 16.9 Å². The molecule has 0 spiro atoms. The van der Waals surface area contributed by atoms with E-state index >= 15 is 0 Å². The number of hydrogen-bond acceptors (Lipinski definition) is 3. The molecule has 2 aromatic carbocycles. The average molecular weight is 309 g/mol. The summed E-state index contributed by atoms with van der Waals surface area (Å²) in [5.74, 6) is 4.97. The molecule has 3 rings (SSSR count). The number of nitrogens with zero attached hydrogens (tertiary/aromatic N) is 1. The molecule has 2 aromatic rings. The number of ether oxygens (including phenoxy) is 1. The number of carbonyl (C=O) groups excluding carboxylic acids is 2. The van der Waals surface area contributed by atoms with Crippen molar-refractivity contribution in [1.82, 2.24) is 4.90 Å². The zero-order chi connectivity index (χ0) is 16.2. The van der Waals surface area contributed by atoms with Crippen LogP contribution < -0.4 is 4.74 Å². The lowest BCUT2D eigenvalue weighted by molar-refractivity contribution is 0.0675. The molecule has 2 amide bonds. The number of halogens is 1. The monoisotopic (exact) mass is 309 g/mol. The number of hydrogen-bond donors (Lipinski definition) is 0. The second-order valence-corrected chi connectivity index (χ2v) is 4.84. The van der Waals surface area contributed by atoms with Crippen molar-refractivity contribution < 1.29 is 18.7 Å². The Hall–Kier alpha value is -3.13. The number of carbonyl (C=O) groups is 2. The molecule has 0 saturated carbocycles. The molecule has 0 aliphatic carbocycles. The molecule has 0 N–H and O–H groups in total. The minimum absolute atomic E-state index is 0.0130. The Morgan fingerprint density at radius 2 is 1.52 bits per heavy atom. The van der Waals surface area contributed by atoms with Gasteiger partial charge in [-0.05, 0) is 36.4 Å². The summed E-state index contributed by atoms with van der Waals surface area (Å²) < 4.78 is 18.0. The summed E-state index contributed by atoms with van der Waals surface area (Å²) in [6, 6.07) is 12.3. The van der Waals surface area contributed by atoms with Crippen molar-refractivity contribution in [3.8, 4) is 17.6 Å². The highest BCUT2D eigenvalue weighted by Crippen LogP contribution is 2.21. The first-order valence-corrected chi connectivity index (χ1v) is 6.96. The second-order valence-electron chi connectivity index (χ2n) is 4.84. The largest absolute Gasteiger partial charge is 0.481 e. The van der Waals surface area contributed by atoms with Gasteiger partial charge in [0.15, 0.2) is 0 Å². The normalized spacial score (nSPS) is 12.7. The van der Waals surface area contributed by atoms with Crippen LogP contribution in [0.3, 0.4) is 0 Å². The van der Waals surface area contributed by atoms with Gasteiger partial charge in [-0.25, -0.2) is 4.39 Å². The van der Waals surface area contributed by atoms with Crippen LogP contribution in [0.1, 0.15) is 20.7 Å². The van der Waals surface area contributed by atoms with Crippen LogP contribution >= 0.6 is 0 Å². The average Bonchev–Trinajstić information content (AvgIpc) is 2.81. The molecule has 5 heteroatoms. The summed E-state index contributed by atoms with van der Waals surface area (Å²) in [7, 11) is 0. The zero-order valence-corrected chi connectivity index (χ0v) is 12.1. The van der Waals surface area contributed by atoms with Gasteiger partial charge in [0.25, 0.3) is 11.8 Å². The van der Waals surface area contributed by atoms with E-state index in [2.05, 4.69) is 11.8 Å². The van der Waals surface area contributed by atoms with E-state index < -0.39 is 0 Å². The van der Waals surface area contributed by atoms with Crippen molar-refractivity contribution in [2.75, 3.05) is 13.2 Å². The third-order valence-electron chi connectivity index (χ3n) is 3.36. The van der Waals surface area contributed by atoms with Gasteiger partial charge in [-0.15, -0.1) is 0 Å². The maximum absolute atomic E-state index is 12.7. The Balaban J connectivity index is 1.57. The van der Waals surface area contributed by atoms with Gasteiger partial charge in [-0.1, -0.05) is 24.0 Å². The first-order chi connectivity index (χ1) is 11.2. The van der Waals surface area contributed by atoms with Gasteiger partial charge >= 0.3 is 0 Å². The van der Waals surface area contributed by atoms with Crippen molar-refractivity contribution in [2.45, 2.75) is 0 Å². The Labute approximate surface area is 132 Å². The van der Waals surface area contributed by atoms with Crippen molar-refractivity contribution in [3.05, 3.63) is 65.5 Å². The van der Waals surface area contributed by atoms with Crippen LogP contribution in [0.25, 0.3) is 0 Å². The summed E-state index contributed by atoms with van der Waals surface area (Å²) in [5, 5.41) is 0. The Morgan fingerprint density at radius 3 is 2.13 bits per heavy atom. The van der Waals surface area contributed by atoms with E-state index in [-0.39, 0.29) is 30.8 Å². The molecule has 1 aliphatic heterocycles. The van der Waals surface area contributed by atoms with Gasteiger partial charge in [0.1, 0.15) is 18.2 Å². The van der Waals surface area contributed by atoms with Crippen LogP contribution in [-0.2, 0) is 0 Å². The van der Waals surface area contributed by atoms with E-state index in [1.807, 2.05) is 0 Å². The van der Waals surface area contributed by atoms with Crippen molar-refractivity contribution in [2.24, 2.45) is 0 Å². The molecule has 0 bridgehead atoms. The molecule has 0 aromatic heterocycles. The standard InChI is InChI=1S/C18H12FNO3/c19-13-7-9-14(10-8-13)23-12-4-3-11-20-17(21)15-5-1-2-6-16(15)18(20)22/h1-2,5-10H,11-12H2. The maximum Gasteiger partial charge on any atom is 0.262 e. The fourth-order valence-electron chi connectivity index (χ4n) is 2.22. The lowest BCUT2D eigenvalue weighted by Crippen LogP contribution is -2.30. The third-order valence-corrected chi connectivity index (χ3v) is 3.36. The Kier molecular flexibility index (Phi) is 4.07. The van der Waals surface area contributed by atoms with Crippen LogP contribution in [0, 0.1) is 17.7 Å². The SMILES string of the molecule is O=C1c2ccccc2C(=O)N1CC#CCOc1ccc(F)cc1. The Bertz CT molecular complexity index is 783. The number of fused-ring (bicyclic) bond motifs is 1. The van der Waals surface area contributed by atoms with E-state index in [1.165, 1.54) is 24.3 Å². The molecule has 1 heterocycles. The highest BCUT2D eigenvalue weighted by Gasteiger charge is 2.34. The van der Waals surface area contributed by atoms with Gasteiger partial charge in [-0.2, -0.15) is 0 Å². The van der Waals surface area contributed by atoms with Gasteiger partial charge in [0.2, 0.25) is 0 Å². The van der Waals surface area contributed by atoms with Crippen molar-refractivity contribution >= 4 is 11.8 Å². The molecule has 0 saturated heterocycles. The molecule has 0 fully saturated rings. The number of imide groups is 1. The minimum Gasteiger partial charge on any atom is -0.481 e. The van der Waals surface area contributed by atoms with Gasteiger partial charge in [0, 0.05) is 0 Å². The van der Waals surface area contributed by atoms with E-state index in [9.17, 15) is 14.0 Å². The topological polar surface area (TPSA) is 46.6 Å². The van der Waals surface area contributed by atoms with Gasteiger partial charge < -0.3 is 4.74 Å². The smallest absolute Gasteiger partial charge is 0.262 e. The lowest BCUT2D eigenvalue weighted by Gasteiger charge is -2.08. The fourth-order valence-corrected chi connectivity index (χ4v) is 2.22. The molecule has 0 unspecified atom stereocenters. The lowest BCUT2D eigenvalue weighted by atomic mass is 10.1. The summed E-state index contributed by atoms with van der Waals surface area (Å²) in [5.41, 5.74) is 0.809. The molecule has 0 radical (unpaired) electrons. The molecule has 4 nitrogen and oxygen atoms in total. The summed E-state index contributed by atoms with van der Waals surface area (Å²) in [6.45, 7) is 0.105. The second kappa shape index (κ2) is 6.32. The highest BCUT2D eigenvalue weighted by atomic mass is 19.1. The Morgan fingerprint density at radius 1 is 0.913 bits per heavy atom. The number of benzene rings is 2. The van der Waals surface area contributed by atoms with E-state index in [0.717, 1.165) is 4.90 Å². The molecule has 23 heavy (non-hydrogen) atoms.